The van der Waals surface area contributed by atoms with Gasteiger partial charge in [0, 0.05) is 38.8 Å². The average molecular weight is 1280 g/mol. The van der Waals surface area contributed by atoms with Crippen molar-refractivity contribution in [1.29, 1.82) is 0 Å². The number of benzene rings is 16. The highest BCUT2D eigenvalue weighted by molar-refractivity contribution is 6.19. The number of aromatic nitrogens is 6. The van der Waals surface area contributed by atoms with Crippen molar-refractivity contribution in [3.63, 3.8) is 0 Å². The average Bonchev–Trinajstić information content (AvgIpc) is 1.53. The molecule has 16 aromatic carbocycles. The Labute approximate surface area is 579 Å². The first-order valence-corrected chi connectivity index (χ1v) is 34.2. The Kier molecular flexibility index (Phi) is 13.7. The van der Waals surface area contributed by atoms with E-state index in [1.807, 2.05) is 36.4 Å². The molecule has 18 aromatic rings. The van der Waals surface area contributed by atoms with Crippen molar-refractivity contribution in [3.8, 4) is 90.6 Å². The third-order valence-corrected chi connectivity index (χ3v) is 20.9. The van der Waals surface area contributed by atoms with E-state index in [1.165, 1.54) is 109 Å². The first-order chi connectivity index (χ1) is 49.3. The van der Waals surface area contributed by atoms with Gasteiger partial charge in [0.2, 0.25) is 0 Å². The summed E-state index contributed by atoms with van der Waals surface area (Å²) in [4.78, 5) is 30.7. The second-order valence-corrected chi connectivity index (χ2v) is 26.8. The molecular weight excluding hydrogens is 1210 g/mol. The number of hydrogen-bond acceptors (Lipinski definition) is 6. The lowest BCUT2D eigenvalue weighted by molar-refractivity contribution is 0.660. The van der Waals surface area contributed by atoms with Crippen LogP contribution in [0.5, 0.6) is 0 Å². The Balaban J connectivity index is 0.000000142. The molecule has 0 spiro atoms. The third kappa shape index (κ3) is 9.55. The molecule has 0 aliphatic heterocycles. The molecule has 0 radical (unpaired) electrons. The fourth-order valence-electron chi connectivity index (χ4n) is 16.1. The molecule has 0 unspecified atom stereocenters. The summed E-state index contributed by atoms with van der Waals surface area (Å²) in [6.45, 7) is 4.61. The molecule has 0 saturated carbocycles. The predicted molar refractivity (Wildman–Crippen MR) is 412 cm³/mol. The van der Waals surface area contributed by atoms with Gasteiger partial charge in [0.15, 0.2) is 34.9 Å². The standard InChI is InChI=1S/C52H33N3.C42H29N3/c1-4-15-35(16-5-1)49-53-50(37-26-28-42-36(32-37)25-30-43-41-21-11-10-14-34(41)24-29-44(42)43)55-51(54-49)38-27-31-46-45-22-12-13-23-47(45)52(48(46)33-38,39-17-6-2-7-18-39)40-19-8-3-9-20-40;1-42(2)37-15-9-8-14-35(37)36-23-19-30(25-38(36)42)41-44-39(27-11-4-3-5-12-27)43-40(45-41)29-18-20-32-28(24-29)17-22-33-31-13-7-6-10-26(31)16-21-34(32)33/h1-33H;3-25H,1-2H3. The highest BCUT2D eigenvalue weighted by Gasteiger charge is 2.46. The van der Waals surface area contributed by atoms with Crippen molar-refractivity contribution < 1.29 is 0 Å². The molecule has 20 rings (SSSR count). The van der Waals surface area contributed by atoms with Gasteiger partial charge in [-0.2, -0.15) is 0 Å². The predicted octanol–water partition coefficient (Wildman–Crippen LogP) is 23.3. The van der Waals surface area contributed by atoms with Crippen LogP contribution in [-0.2, 0) is 10.8 Å². The van der Waals surface area contributed by atoms with Crippen LogP contribution in [0.2, 0.25) is 0 Å². The van der Waals surface area contributed by atoms with Crippen molar-refractivity contribution in [2.24, 2.45) is 0 Å². The van der Waals surface area contributed by atoms with Crippen LogP contribution < -0.4 is 0 Å². The number of rotatable bonds is 8. The molecule has 2 heterocycles. The second-order valence-electron chi connectivity index (χ2n) is 26.8. The molecular formula is C94H62N6. The lowest BCUT2D eigenvalue weighted by atomic mass is 9.67. The highest BCUT2D eigenvalue weighted by atomic mass is 15.0. The summed E-state index contributed by atoms with van der Waals surface area (Å²) in [5, 5.41) is 14.8. The molecule has 0 fully saturated rings. The summed E-state index contributed by atoms with van der Waals surface area (Å²) < 4.78 is 0. The lowest BCUT2D eigenvalue weighted by Gasteiger charge is -2.34. The monoisotopic (exact) mass is 1270 g/mol. The number of nitrogens with zero attached hydrogens (tertiary/aromatic N) is 6. The van der Waals surface area contributed by atoms with Crippen LogP contribution in [0.25, 0.3) is 155 Å². The van der Waals surface area contributed by atoms with Crippen LogP contribution >= 0.6 is 0 Å². The van der Waals surface area contributed by atoms with Crippen molar-refractivity contribution in [3.05, 3.63) is 373 Å². The Hall–Kier alpha value is -12.9. The Morgan fingerprint density at radius 3 is 0.950 bits per heavy atom. The van der Waals surface area contributed by atoms with E-state index in [4.69, 9.17) is 29.9 Å². The molecule has 0 saturated heterocycles. The summed E-state index contributed by atoms with van der Waals surface area (Å²) in [6.07, 6.45) is 0. The summed E-state index contributed by atoms with van der Waals surface area (Å²) in [7, 11) is 0. The second kappa shape index (κ2) is 23.4. The lowest BCUT2D eigenvalue weighted by Crippen LogP contribution is -2.28. The number of hydrogen-bond donors (Lipinski definition) is 0. The van der Waals surface area contributed by atoms with E-state index >= 15 is 0 Å². The zero-order chi connectivity index (χ0) is 66.5. The molecule has 100 heavy (non-hydrogen) atoms. The molecule has 0 atom stereocenters. The van der Waals surface area contributed by atoms with E-state index in [0.717, 1.165) is 44.2 Å². The summed E-state index contributed by atoms with van der Waals surface area (Å²) >= 11 is 0. The van der Waals surface area contributed by atoms with E-state index < -0.39 is 5.41 Å². The molecule has 468 valence electrons. The number of fused-ring (bicyclic) bond motifs is 16. The normalized spacial score (nSPS) is 13.1. The van der Waals surface area contributed by atoms with Gasteiger partial charge in [0.1, 0.15) is 0 Å². The molecule has 0 N–H and O–H groups in total. The van der Waals surface area contributed by atoms with E-state index in [2.05, 4.69) is 317 Å². The molecule has 6 nitrogen and oxygen atoms in total. The minimum atomic E-state index is -0.519. The Morgan fingerprint density at radius 2 is 0.490 bits per heavy atom. The first-order valence-electron chi connectivity index (χ1n) is 34.2. The van der Waals surface area contributed by atoms with Crippen molar-refractivity contribution in [2.45, 2.75) is 24.7 Å². The molecule has 2 aromatic heterocycles. The molecule has 6 heteroatoms. The largest absolute Gasteiger partial charge is 0.208 e. The Morgan fingerprint density at radius 1 is 0.190 bits per heavy atom. The van der Waals surface area contributed by atoms with Crippen LogP contribution in [0.1, 0.15) is 47.2 Å². The van der Waals surface area contributed by atoms with Gasteiger partial charge in [0.05, 0.1) is 5.41 Å². The van der Waals surface area contributed by atoms with Crippen molar-refractivity contribution >= 4 is 64.6 Å². The summed E-state index contributed by atoms with van der Waals surface area (Å²) in [5.74, 6) is 3.95. The minimum absolute atomic E-state index is 0.105. The van der Waals surface area contributed by atoms with Gasteiger partial charge in [-0.3, -0.25) is 0 Å². The first kappa shape index (κ1) is 58.5. The fourth-order valence-corrected chi connectivity index (χ4v) is 16.1. The maximum atomic E-state index is 5.26. The molecule has 2 aliphatic carbocycles. The van der Waals surface area contributed by atoms with Crippen LogP contribution in [0.4, 0.5) is 0 Å². The van der Waals surface area contributed by atoms with Gasteiger partial charge in [-0.25, -0.2) is 29.9 Å². The van der Waals surface area contributed by atoms with Crippen LogP contribution in [0.3, 0.4) is 0 Å². The topological polar surface area (TPSA) is 77.3 Å². The maximum Gasteiger partial charge on any atom is 0.164 e. The Bertz CT molecular complexity index is 6270. The highest BCUT2D eigenvalue weighted by Crippen LogP contribution is 2.57. The summed E-state index contributed by atoms with van der Waals surface area (Å²) in [6, 6.07) is 121. The zero-order valence-electron chi connectivity index (χ0n) is 55.0. The molecule has 2 aliphatic rings. The van der Waals surface area contributed by atoms with E-state index in [0.29, 0.717) is 34.9 Å². The SMILES string of the molecule is CC1(C)c2ccccc2-c2ccc(-c3nc(-c4ccccc4)nc(-c4ccc5c(ccc6c7ccccc7ccc56)c4)n3)cc21.c1ccc(-c2nc(-c3ccc4c(c3)C(c3ccccc3)(c3ccccc3)c3ccccc3-4)nc(-c3ccc4c(ccc5c6ccccc6ccc45)c3)n2)cc1. The van der Waals surface area contributed by atoms with Gasteiger partial charge in [-0.1, -0.05) is 329 Å². The quantitative estimate of drug-likeness (QED) is 0.141. The maximum absolute atomic E-state index is 5.26. The molecule has 0 amide bonds. The van der Waals surface area contributed by atoms with Gasteiger partial charge in [0.25, 0.3) is 0 Å². The van der Waals surface area contributed by atoms with Crippen LogP contribution in [-0.4, -0.2) is 29.9 Å². The van der Waals surface area contributed by atoms with Gasteiger partial charge < -0.3 is 0 Å². The van der Waals surface area contributed by atoms with Gasteiger partial charge >= 0.3 is 0 Å². The van der Waals surface area contributed by atoms with Crippen molar-refractivity contribution in [1.82, 2.24) is 29.9 Å². The zero-order valence-corrected chi connectivity index (χ0v) is 55.0. The molecule has 0 bridgehead atoms. The van der Waals surface area contributed by atoms with E-state index in [9.17, 15) is 0 Å². The fraction of sp³-hybridized carbons (Fsp3) is 0.0426. The smallest absolute Gasteiger partial charge is 0.164 e. The van der Waals surface area contributed by atoms with Gasteiger partial charge in [-0.05, 0) is 145 Å². The van der Waals surface area contributed by atoms with E-state index in [-0.39, 0.29) is 5.41 Å². The van der Waals surface area contributed by atoms with Crippen molar-refractivity contribution in [2.75, 3.05) is 0 Å². The van der Waals surface area contributed by atoms with Crippen LogP contribution in [0, 0.1) is 0 Å². The third-order valence-electron chi connectivity index (χ3n) is 20.9. The summed E-state index contributed by atoms with van der Waals surface area (Å²) in [5.41, 5.74) is 17.8. The van der Waals surface area contributed by atoms with Crippen LogP contribution in [0.15, 0.2) is 340 Å². The van der Waals surface area contributed by atoms with Gasteiger partial charge in [-0.15, -0.1) is 0 Å². The van der Waals surface area contributed by atoms with E-state index in [1.54, 1.807) is 0 Å². The minimum Gasteiger partial charge on any atom is -0.208 e.